The largest absolute Gasteiger partial charge is 0.251 e. The van der Waals surface area contributed by atoms with Crippen LogP contribution in [-0.4, -0.2) is 14.5 Å². The smallest absolute Gasteiger partial charge is 0.206 e. The summed E-state index contributed by atoms with van der Waals surface area (Å²) in [5.74, 6) is 0.274. The van der Waals surface area contributed by atoms with Gasteiger partial charge in [0.05, 0.1) is 6.07 Å². The van der Waals surface area contributed by atoms with Crippen LogP contribution in [0.5, 0.6) is 0 Å². The van der Waals surface area contributed by atoms with Gasteiger partial charge in [0, 0.05) is 0 Å². The predicted octanol–water partition coefficient (Wildman–Crippen LogP) is 1.96. The average Bonchev–Trinajstić information content (AvgIpc) is 2.68. The molecule has 6 heteroatoms. The van der Waals surface area contributed by atoms with E-state index in [1.165, 1.54) is 6.07 Å². The topological polar surface area (TPSA) is 70.0 Å². The summed E-state index contributed by atoms with van der Waals surface area (Å²) in [4.78, 5) is 0. The summed E-state index contributed by atoms with van der Waals surface area (Å²) in [6.07, 6.45) is 0.515. The molecule has 4 nitrogen and oxygen atoms in total. The fourth-order valence-electron chi connectivity index (χ4n) is 1.26. The fourth-order valence-corrected chi connectivity index (χ4v) is 3.42. The molecular weight excluding hydrogens is 244 g/mol. The molecule has 1 rings (SSSR count). The second-order valence-electron chi connectivity index (χ2n) is 3.86. The maximum atomic E-state index is 11.8. The van der Waals surface area contributed by atoms with Crippen LogP contribution in [-0.2, 0) is 10.0 Å². The summed E-state index contributed by atoms with van der Waals surface area (Å²) in [5, 5.41) is 10.6. The Kier molecular flexibility index (Phi) is 4.47. The Morgan fingerprint density at radius 2 is 2.25 bits per heavy atom. The van der Waals surface area contributed by atoms with Crippen molar-refractivity contribution in [2.75, 3.05) is 0 Å². The van der Waals surface area contributed by atoms with E-state index in [4.69, 9.17) is 5.26 Å². The molecule has 0 fully saturated rings. The van der Waals surface area contributed by atoms with Gasteiger partial charge < -0.3 is 0 Å². The second kappa shape index (κ2) is 5.43. The van der Waals surface area contributed by atoms with Crippen LogP contribution in [0.15, 0.2) is 21.7 Å². The number of sulfonamides is 1. The molecule has 0 saturated heterocycles. The van der Waals surface area contributed by atoms with Crippen molar-refractivity contribution < 1.29 is 8.42 Å². The Balaban J connectivity index is 2.77. The van der Waals surface area contributed by atoms with Crippen LogP contribution < -0.4 is 4.72 Å². The minimum atomic E-state index is -3.53. The van der Waals surface area contributed by atoms with E-state index in [9.17, 15) is 8.42 Å². The van der Waals surface area contributed by atoms with Crippen LogP contribution in [0.25, 0.3) is 0 Å². The van der Waals surface area contributed by atoms with Crippen molar-refractivity contribution in [3.63, 3.8) is 0 Å². The molecule has 1 unspecified atom stereocenters. The van der Waals surface area contributed by atoms with Crippen LogP contribution in [0.3, 0.4) is 0 Å². The van der Waals surface area contributed by atoms with E-state index in [1.54, 1.807) is 11.4 Å². The zero-order valence-electron chi connectivity index (χ0n) is 9.17. The highest BCUT2D eigenvalue weighted by atomic mass is 32.2. The van der Waals surface area contributed by atoms with E-state index in [2.05, 4.69) is 4.72 Å². The van der Waals surface area contributed by atoms with Gasteiger partial charge in [0.25, 0.3) is 10.0 Å². The minimum absolute atomic E-state index is 0.247. The summed E-state index contributed by atoms with van der Waals surface area (Å²) in [7, 11) is -3.53. The number of nitrogens with zero attached hydrogens (tertiary/aromatic N) is 1. The molecule has 0 aromatic carbocycles. The van der Waals surface area contributed by atoms with E-state index in [0.717, 1.165) is 11.3 Å². The summed E-state index contributed by atoms with van der Waals surface area (Å²) in [6, 6.07) is 4.50. The zero-order chi connectivity index (χ0) is 12.2. The third-order valence-corrected chi connectivity index (χ3v) is 4.79. The van der Waals surface area contributed by atoms with Crippen LogP contribution in [0.4, 0.5) is 0 Å². The number of rotatable bonds is 5. The van der Waals surface area contributed by atoms with Gasteiger partial charge in [-0.25, -0.2) is 8.42 Å². The van der Waals surface area contributed by atoms with Gasteiger partial charge in [-0.3, -0.25) is 0 Å². The average molecular weight is 258 g/mol. The third-order valence-electron chi connectivity index (χ3n) is 1.92. The highest BCUT2D eigenvalue weighted by Crippen LogP contribution is 2.16. The van der Waals surface area contributed by atoms with Crippen molar-refractivity contribution in [1.82, 2.24) is 4.72 Å². The number of thiophene rings is 1. The van der Waals surface area contributed by atoms with Crippen LogP contribution in [0.1, 0.15) is 20.3 Å². The third kappa shape index (κ3) is 3.59. The molecule has 0 aliphatic rings. The molecule has 0 amide bonds. The van der Waals surface area contributed by atoms with Gasteiger partial charge in [-0.05, 0) is 23.8 Å². The van der Waals surface area contributed by atoms with E-state index in [-0.39, 0.29) is 10.1 Å². The lowest BCUT2D eigenvalue weighted by molar-refractivity contribution is 0.513. The normalized spacial score (nSPS) is 13.6. The molecule has 0 bridgehead atoms. The van der Waals surface area contributed by atoms with Gasteiger partial charge in [0.2, 0.25) is 0 Å². The van der Waals surface area contributed by atoms with Crippen molar-refractivity contribution in [3.05, 3.63) is 17.5 Å². The Morgan fingerprint density at radius 1 is 1.56 bits per heavy atom. The summed E-state index contributed by atoms with van der Waals surface area (Å²) in [5.41, 5.74) is 0. The summed E-state index contributed by atoms with van der Waals surface area (Å²) < 4.78 is 26.2. The molecule has 0 radical (unpaired) electrons. The summed E-state index contributed by atoms with van der Waals surface area (Å²) >= 11 is 1.14. The number of hydrogen-bond acceptors (Lipinski definition) is 4. The van der Waals surface area contributed by atoms with Crippen LogP contribution in [0.2, 0.25) is 0 Å². The molecule has 88 valence electrons. The maximum Gasteiger partial charge on any atom is 0.251 e. The van der Waals surface area contributed by atoms with Gasteiger partial charge >= 0.3 is 0 Å². The first-order chi connectivity index (χ1) is 7.45. The van der Waals surface area contributed by atoms with E-state index >= 15 is 0 Å². The molecule has 16 heavy (non-hydrogen) atoms. The van der Waals surface area contributed by atoms with E-state index in [1.807, 2.05) is 19.9 Å². The first kappa shape index (κ1) is 13.2. The van der Waals surface area contributed by atoms with Gasteiger partial charge in [-0.1, -0.05) is 19.9 Å². The van der Waals surface area contributed by atoms with Crippen molar-refractivity contribution in [2.24, 2.45) is 5.92 Å². The van der Waals surface area contributed by atoms with Crippen molar-refractivity contribution >= 4 is 21.4 Å². The van der Waals surface area contributed by atoms with Crippen LogP contribution >= 0.6 is 11.3 Å². The molecule has 1 atom stereocenters. The molecule has 1 aromatic rings. The molecule has 0 spiro atoms. The Morgan fingerprint density at radius 3 is 2.69 bits per heavy atom. The van der Waals surface area contributed by atoms with Gasteiger partial charge in [0.15, 0.2) is 0 Å². The lowest BCUT2D eigenvalue weighted by Gasteiger charge is -2.12. The second-order valence-corrected chi connectivity index (χ2v) is 6.75. The molecule has 1 heterocycles. The molecular formula is C10H14N2O2S2. The fraction of sp³-hybridized carbons (Fsp3) is 0.500. The lowest BCUT2D eigenvalue weighted by Crippen LogP contribution is -2.34. The molecule has 1 N–H and O–H groups in total. The van der Waals surface area contributed by atoms with Crippen molar-refractivity contribution in [1.29, 1.82) is 5.26 Å². The van der Waals surface area contributed by atoms with E-state index < -0.39 is 16.1 Å². The predicted molar refractivity (Wildman–Crippen MR) is 63.5 cm³/mol. The molecule has 1 aromatic heterocycles. The van der Waals surface area contributed by atoms with E-state index in [0.29, 0.717) is 6.42 Å². The Labute approximate surface area is 100.0 Å². The first-order valence-electron chi connectivity index (χ1n) is 4.91. The maximum absolute atomic E-state index is 11.8. The van der Waals surface area contributed by atoms with Gasteiger partial charge in [0.1, 0.15) is 10.3 Å². The number of nitrogens with one attached hydrogen (secondary N) is 1. The molecule has 0 aliphatic carbocycles. The number of hydrogen-bond donors (Lipinski definition) is 1. The summed E-state index contributed by atoms with van der Waals surface area (Å²) in [6.45, 7) is 3.90. The zero-order valence-corrected chi connectivity index (χ0v) is 10.8. The van der Waals surface area contributed by atoms with Gasteiger partial charge in [-0.15, -0.1) is 11.3 Å². The minimum Gasteiger partial charge on any atom is -0.206 e. The van der Waals surface area contributed by atoms with Crippen molar-refractivity contribution in [3.8, 4) is 6.07 Å². The Bertz CT molecular complexity index is 458. The van der Waals surface area contributed by atoms with Gasteiger partial charge in [-0.2, -0.15) is 9.98 Å². The highest BCUT2D eigenvalue weighted by Gasteiger charge is 2.21. The molecule has 0 saturated carbocycles. The monoisotopic (exact) mass is 258 g/mol. The quantitative estimate of drug-likeness (QED) is 0.877. The lowest BCUT2D eigenvalue weighted by atomic mass is 10.1. The Hall–Kier alpha value is -0.900. The van der Waals surface area contributed by atoms with Crippen molar-refractivity contribution in [2.45, 2.75) is 30.5 Å². The molecule has 0 aliphatic heterocycles. The highest BCUT2D eigenvalue weighted by molar-refractivity contribution is 7.91. The number of nitriles is 1. The standard InChI is InChI=1S/C10H14N2O2S2/c1-8(2)6-9(7-11)12-16(13,14)10-4-3-5-15-10/h3-5,8-9,12H,6H2,1-2H3. The first-order valence-corrected chi connectivity index (χ1v) is 7.27. The SMILES string of the molecule is CC(C)CC(C#N)NS(=O)(=O)c1cccs1. The van der Waals surface area contributed by atoms with Crippen LogP contribution in [0, 0.1) is 17.2 Å².